The van der Waals surface area contributed by atoms with Crippen molar-refractivity contribution in [3.63, 3.8) is 0 Å². The number of phosphoric ester groups is 1. The van der Waals surface area contributed by atoms with E-state index in [0.29, 0.717) is 30.4 Å². The lowest BCUT2D eigenvalue weighted by Crippen LogP contribution is -2.36. The molecule has 1 aromatic heterocycles. The number of rotatable bonds is 21. The van der Waals surface area contributed by atoms with Gasteiger partial charge in [-0.2, -0.15) is 11.8 Å². The van der Waals surface area contributed by atoms with Gasteiger partial charge in [0.1, 0.15) is 24.2 Å². The highest BCUT2D eigenvalue weighted by molar-refractivity contribution is 8.00. The number of H-pyrrole nitrogens is 1. The van der Waals surface area contributed by atoms with Crippen LogP contribution < -0.4 is 27.2 Å². The summed E-state index contributed by atoms with van der Waals surface area (Å²) < 4.78 is 33.6. The molecule has 49 heavy (non-hydrogen) atoms. The van der Waals surface area contributed by atoms with Crippen LogP contribution in [0, 0.1) is 0 Å². The van der Waals surface area contributed by atoms with Crippen molar-refractivity contribution in [1.29, 1.82) is 0 Å². The molecule has 0 aromatic carbocycles. The van der Waals surface area contributed by atoms with Gasteiger partial charge in [-0.25, -0.2) is 14.2 Å². The van der Waals surface area contributed by atoms with E-state index in [1.54, 1.807) is 0 Å². The fourth-order valence-corrected chi connectivity index (χ4v) is 8.39. The van der Waals surface area contributed by atoms with E-state index in [1.165, 1.54) is 25.5 Å². The highest BCUT2D eigenvalue weighted by Gasteiger charge is 2.43. The lowest BCUT2D eigenvalue weighted by molar-refractivity contribution is -0.119. The van der Waals surface area contributed by atoms with Crippen molar-refractivity contribution in [3.8, 4) is 0 Å². The maximum absolute atomic E-state index is 12.6. The number of fused-ring (bicyclic) bond motifs is 1. The zero-order chi connectivity index (χ0) is 35.4. The van der Waals surface area contributed by atoms with E-state index in [0.717, 1.165) is 68.8 Å². The summed E-state index contributed by atoms with van der Waals surface area (Å²) >= 11 is 1.89. The summed E-state index contributed by atoms with van der Waals surface area (Å²) in [5.41, 5.74) is -1.42. The Hall–Kier alpha value is -2.79. The fourth-order valence-electron chi connectivity index (χ4n) is 6.19. The maximum atomic E-state index is 12.6. The average Bonchev–Trinajstić information content (AvgIpc) is 3.74. The van der Waals surface area contributed by atoms with Gasteiger partial charge in [-0.1, -0.05) is 25.7 Å². The molecule has 0 aliphatic carbocycles. The van der Waals surface area contributed by atoms with E-state index in [-0.39, 0.29) is 36.7 Å². The van der Waals surface area contributed by atoms with Gasteiger partial charge < -0.3 is 30.3 Å². The Balaban J connectivity index is 1.09. The normalized spacial score (nSPS) is 26.0. The van der Waals surface area contributed by atoms with E-state index in [9.17, 15) is 33.4 Å². The van der Waals surface area contributed by atoms with Crippen molar-refractivity contribution in [1.82, 2.24) is 25.5 Å². The van der Waals surface area contributed by atoms with E-state index in [1.807, 2.05) is 11.8 Å². The van der Waals surface area contributed by atoms with Crippen molar-refractivity contribution in [3.05, 3.63) is 38.7 Å². The highest BCUT2D eigenvalue weighted by Crippen LogP contribution is 2.47. The number of hydrogen-bond acceptors (Lipinski definition) is 11. The Morgan fingerprint density at radius 2 is 1.84 bits per heavy atom. The summed E-state index contributed by atoms with van der Waals surface area (Å²) in [7, 11) is -1.90. The molecule has 3 amide bonds. The van der Waals surface area contributed by atoms with Crippen molar-refractivity contribution in [2.75, 3.05) is 33.1 Å². The molecule has 274 valence electrons. The first-order valence-corrected chi connectivity index (χ1v) is 19.3. The van der Waals surface area contributed by atoms with Crippen molar-refractivity contribution >= 4 is 43.4 Å². The van der Waals surface area contributed by atoms with Crippen molar-refractivity contribution in [2.45, 2.75) is 106 Å². The van der Waals surface area contributed by atoms with Gasteiger partial charge in [-0.05, 0) is 31.8 Å². The minimum Gasteiger partial charge on any atom is -0.382 e. The van der Waals surface area contributed by atoms with Crippen LogP contribution in [0.4, 0.5) is 4.79 Å². The third-order valence-corrected chi connectivity index (χ3v) is 11.3. The number of thioether (sulfide) groups is 1. The van der Waals surface area contributed by atoms with Gasteiger partial charge in [0.25, 0.3) is 5.56 Å². The smallest absolute Gasteiger partial charge is 0.382 e. The summed E-state index contributed by atoms with van der Waals surface area (Å²) in [4.78, 5) is 73.0. The molecule has 5 N–H and O–H groups in total. The number of urea groups is 1. The molecule has 3 fully saturated rings. The number of unbranched alkanes of at least 4 members (excludes halogenated alkanes) is 5. The summed E-state index contributed by atoms with van der Waals surface area (Å²) in [6, 6.07) is 0.366. The van der Waals surface area contributed by atoms with Crippen LogP contribution in [0.15, 0.2) is 21.9 Å². The molecule has 4 heterocycles. The number of nitrogens with one attached hydrogen (secondary N) is 4. The van der Waals surface area contributed by atoms with Crippen LogP contribution in [0.3, 0.4) is 0 Å². The molecule has 4 rings (SSSR count). The maximum Gasteiger partial charge on any atom is 0.472 e. The Bertz CT molecular complexity index is 1490. The van der Waals surface area contributed by atoms with E-state index in [2.05, 4.69) is 25.5 Å². The minimum absolute atomic E-state index is 0.00365. The second-order valence-corrected chi connectivity index (χ2v) is 15.2. The number of carbonyl (C=O) groups is 3. The molecular formula is C31H48N5O11PS. The topological polar surface area (TPSA) is 216 Å². The van der Waals surface area contributed by atoms with Crippen LogP contribution in [0.1, 0.15) is 82.4 Å². The van der Waals surface area contributed by atoms with Crippen LogP contribution in [0.25, 0.3) is 6.08 Å². The molecule has 3 aliphatic rings. The van der Waals surface area contributed by atoms with Crippen LogP contribution >= 0.6 is 19.6 Å². The van der Waals surface area contributed by atoms with Crippen LogP contribution in [0.2, 0.25) is 0 Å². The summed E-state index contributed by atoms with van der Waals surface area (Å²) in [6.07, 6.45) is 9.58. The van der Waals surface area contributed by atoms with Gasteiger partial charge in [0, 0.05) is 63.3 Å². The number of ketones is 1. The Morgan fingerprint density at radius 3 is 2.59 bits per heavy atom. The predicted octanol–water partition coefficient (Wildman–Crippen LogP) is 2.37. The molecule has 0 bridgehead atoms. The minimum atomic E-state index is -4.34. The largest absolute Gasteiger partial charge is 0.472 e. The summed E-state index contributed by atoms with van der Waals surface area (Å²) in [6.45, 7) is 0.465. The zero-order valence-electron chi connectivity index (χ0n) is 27.9. The van der Waals surface area contributed by atoms with Crippen LogP contribution in [0.5, 0.6) is 0 Å². The number of methoxy groups -OCH3 is 1. The van der Waals surface area contributed by atoms with Crippen LogP contribution in [-0.2, 0) is 32.7 Å². The molecule has 3 saturated heterocycles. The average molecular weight is 730 g/mol. The number of ether oxygens (including phenoxy) is 2. The lowest BCUT2D eigenvalue weighted by atomic mass is 10.0. The van der Waals surface area contributed by atoms with Gasteiger partial charge in [-0.15, -0.1) is 0 Å². The number of nitrogens with zero attached hydrogens (tertiary/aromatic N) is 1. The number of amides is 3. The Morgan fingerprint density at radius 1 is 1.10 bits per heavy atom. The molecule has 7 atom stereocenters. The molecule has 18 heteroatoms. The van der Waals surface area contributed by atoms with Gasteiger partial charge in [0.15, 0.2) is 0 Å². The number of phosphoric acid groups is 1. The molecule has 0 radical (unpaired) electrons. The highest BCUT2D eigenvalue weighted by atomic mass is 32.2. The Labute approximate surface area is 289 Å². The molecule has 0 spiro atoms. The van der Waals surface area contributed by atoms with E-state index < -0.39 is 43.4 Å². The first-order chi connectivity index (χ1) is 23.5. The van der Waals surface area contributed by atoms with Gasteiger partial charge in [0.2, 0.25) is 5.91 Å². The standard InChI is InChI=1S/C31H48N5O11PS/c1-44-18-24-23(47-48(42,43)45-2)16-27(46-24)36-17-20(29(39)35-31(36)41)13-14-26(38)32-15-9-5-3-4-6-10-21(37)11-7-8-12-25-28-22(19-49-25)33-30(40)34-28/h13-14,17,22-25,27-28H,3-12,15-16,18-19H2,1-2H3,(H,32,38)(H,42,43)(H2,33,34,40)(H,35,39,41)/b14-13+/t22?,23?,24-,25?,27-,28?/m1/s1. The number of aromatic amines is 1. The molecule has 16 nitrogen and oxygen atoms in total. The first-order valence-electron chi connectivity index (χ1n) is 16.7. The zero-order valence-corrected chi connectivity index (χ0v) is 29.6. The summed E-state index contributed by atoms with van der Waals surface area (Å²) in [5.74, 6) is 0.843. The monoisotopic (exact) mass is 729 g/mol. The number of aromatic nitrogens is 2. The summed E-state index contributed by atoms with van der Waals surface area (Å²) in [5, 5.41) is 9.15. The molecule has 1 aromatic rings. The van der Waals surface area contributed by atoms with Gasteiger partial charge >= 0.3 is 19.5 Å². The van der Waals surface area contributed by atoms with Crippen molar-refractivity contribution in [2.24, 2.45) is 0 Å². The fraction of sp³-hybridized carbons (Fsp3) is 0.710. The Kier molecular flexibility index (Phi) is 15.1. The van der Waals surface area contributed by atoms with Gasteiger partial charge in [0.05, 0.1) is 24.3 Å². The molecule has 0 saturated carbocycles. The molecule has 5 unspecified atom stereocenters. The first kappa shape index (κ1) is 39.0. The third-order valence-electron chi connectivity index (χ3n) is 8.79. The van der Waals surface area contributed by atoms with Crippen LogP contribution in [-0.4, -0.2) is 94.8 Å². The number of carbonyl (C=O) groups excluding carboxylic acids is 3. The van der Waals surface area contributed by atoms with E-state index in [4.69, 9.17) is 14.0 Å². The second-order valence-electron chi connectivity index (χ2n) is 12.4. The lowest BCUT2D eigenvalue weighted by Gasteiger charge is -2.19. The third kappa shape index (κ3) is 11.9. The second kappa shape index (κ2) is 19.0. The van der Waals surface area contributed by atoms with E-state index >= 15 is 0 Å². The predicted molar refractivity (Wildman–Crippen MR) is 182 cm³/mol. The number of Topliss-reactive ketones (excluding diaryl/α,β-unsaturated/α-hetero) is 1. The van der Waals surface area contributed by atoms with Gasteiger partial charge in [-0.3, -0.25) is 33.0 Å². The number of hydrogen-bond donors (Lipinski definition) is 5. The quantitative estimate of drug-likeness (QED) is 0.0534. The SMILES string of the molecule is COC[C@H]1O[C@@H](n2cc(/C=C/C(=O)NCCCCCCCC(=O)CCCCC3SCC4NC(=O)NC43)c(=O)[nH]c2=O)CC1OP(=O)(O)OC. The molecular weight excluding hydrogens is 681 g/mol. The van der Waals surface area contributed by atoms with Crippen molar-refractivity contribution < 1.29 is 42.4 Å². The molecule has 3 aliphatic heterocycles.